The molecule has 2 rings (SSSR count). The lowest BCUT2D eigenvalue weighted by Gasteiger charge is -2.28. The predicted octanol–water partition coefficient (Wildman–Crippen LogP) is -0.653. The topological polar surface area (TPSA) is 162 Å². The minimum Gasteiger partial charge on any atom is -0.480 e. The Morgan fingerprint density at radius 3 is 2.48 bits per heavy atom. The zero-order valence-electron chi connectivity index (χ0n) is 18.6. The average Bonchev–Trinajstić information content (AvgIpc) is 3.29. The molecule has 4 atom stereocenters. The molecule has 1 aliphatic heterocycles. The van der Waals surface area contributed by atoms with E-state index in [9.17, 15) is 29.4 Å². The molecular formula is C22H32N4O6S. The molecule has 0 bridgehead atoms. The summed E-state index contributed by atoms with van der Waals surface area (Å²) >= 11 is 1.44. The molecule has 33 heavy (non-hydrogen) atoms. The van der Waals surface area contributed by atoms with Crippen LogP contribution < -0.4 is 16.4 Å². The number of likely N-dealkylation sites (tertiary alicyclic amines) is 1. The van der Waals surface area contributed by atoms with Crippen LogP contribution in [-0.2, 0) is 25.6 Å². The zero-order chi connectivity index (χ0) is 24.4. The van der Waals surface area contributed by atoms with Crippen molar-refractivity contribution in [3.8, 4) is 0 Å². The first-order valence-electron chi connectivity index (χ1n) is 10.8. The molecule has 182 valence electrons. The molecule has 0 saturated carbocycles. The van der Waals surface area contributed by atoms with Crippen LogP contribution in [0.25, 0.3) is 0 Å². The van der Waals surface area contributed by atoms with Gasteiger partial charge in [0.25, 0.3) is 0 Å². The number of thioether (sulfide) groups is 1. The molecule has 0 aromatic heterocycles. The molecular weight excluding hydrogens is 448 g/mol. The Labute approximate surface area is 197 Å². The third-order valence-corrected chi connectivity index (χ3v) is 6.14. The van der Waals surface area contributed by atoms with Crippen LogP contribution in [0, 0.1) is 0 Å². The fourth-order valence-corrected chi connectivity index (χ4v) is 4.17. The lowest BCUT2D eigenvalue weighted by molar-refractivity contribution is -0.143. The highest BCUT2D eigenvalue weighted by Gasteiger charge is 2.37. The number of nitrogens with two attached hydrogens (primary N) is 1. The van der Waals surface area contributed by atoms with Gasteiger partial charge in [-0.2, -0.15) is 11.8 Å². The van der Waals surface area contributed by atoms with Crippen LogP contribution in [0.1, 0.15) is 24.8 Å². The first-order chi connectivity index (χ1) is 15.8. The predicted molar refractivity (Wildman–Crippen MR) is 124 cm³/mol. The van der Waals surface area contributed by atoms with E-state index in [0.29, 0.717) is 31.6 Å². The third-order valence-electron chi connectivity index (χ3n) is 5.49. The summed E-state index contributed by atoms with van der Waals surface area (Å²) in [4.78, 5) is 51.0. The van der Waals surface area contributed by atoms with Crippen molar-refractivity contribution in [1.29, 1.82) is 0 Å². The summed E-state index contributed by atoms with van der Waals surface area (Å²) in [5.74, 6) is -2.41. The summed E-state index contributed by atoms with van der Waals surface area (Å²) in [6.07, 6.45) is 3.36. The van der Waals surface area contributed by atoms with Crippen LogP contribution in [0.3, 0.4) is 0 Å². The molecule has 0 aliphatic carbocycles. The maximum Gasteiger partial charge on any atom is 0.326 e. The van der Waals surface area contributed by atoms with Crippen LogP contribution in [0.5, 0.6) is 0 Å². The van der Waals surface area contributed by atoms with Crippen molar-refractivity contribution < 1.29 is 29.4 Å². The van der Waals surface area contributed by atoms with Crippen molar-refractivity contribution in [2.75, 3.05) is 25.2 Å². The lowest BCUT2D eigenvalue weighted by Crippen LogP contribution is -2.57. The van der Waals surface area contributed by atoms with Crippen LogP contribution in [0.2, 0.25) is 0 Å². The number of aliphatic hydroxyl groups excluding tert-OH is 1. The second-order valence-electron chi connectivity index (χ2n) is 7.91. The SMILES string of the molecule is CSCCC(NC(=O)C(CO)NC(=O)C1CCCN1C(=O)C(N)Cc1ccccc1)C(=O)O. The van der Waals surface area contributed by atoms with Gasteiger partial charge in [0.1, 0.15) is 18.1 Å². The van der Waals surface area contributed by atoms with Gasteiger partial charge in [0.05, 0.1) is 12.6 Å². The molecule has 3 amide bonds. The van der Waals surface area contributed by atoms with E-state index >= 15 is 0 Å². The van der Waals surface area contributed by atoms with Gasteiger partial charge in [-0.15, -0.1) is 0 Å². The van der Waals surface area contributed by atoms with Gasteiger partial charge >= 0.3 is 5.97 Å². The van der Waals surface area contributed by atoms with Crippen molar-refractivity contribution >= 4 is 35.5 Å². The third kappa shape index (κ3) is 7.72. The highest BCUT2D eigenvalue weighted by molar-refractivity contribution is 7.98. The number of aliphatic carboxylic acids is 1. The molecule has 1 aromatic rings. The Bertz CT molecular complexity index is 824. The van der Waals surface area contributed by atoms with Gasteiger partial charge in [0.15, 0.2) is 0 Å². The summed E-state index contributed by atoms with van der Waals surface area (Å²) < 4.78 is 0. The summed E-state index contributed by atoms with van der Waals surface area (Å²) in [6, 6.07) is 5.24. The van der Waals surface area contributed by atoms with E-state index < -0.39 is 48.6 Å². The number of aliphatic hydroxyl groups is 1. The maximum atomic E-state index is 12.9. The monoisotopic (exact) mass is 480 g/mol. The lowest BCUT2D eigenvalue weighted by atomic mass is 10.0. The van der Waals surface area contributed by atoms with E-state index in [4.69, 9.17) is 5.73 Å². The fraction of sp³-hybridized carbons (Fsp3) is 0.545. The van der Waals surface area contributed by atoms with Crippen molar-refractivity contribution in [3.05, 3.63) is 35.9 Å². The number of nitrogens with one attached hydrogen (secondary N) is 2. The van der Waals surface area contributed by atoms with Crippen LogP contribution in [0.15, 0.2) is 30.3 Å². The van der Waals surface area contributed by atoms with E-state index in [1.54, 1.807) is 0 Å². The van der Waals surface area contributed by atoms with Gasteiger partial charge in [-0.05, 0) is 43.3 Å². The highest BCUT2D eigenvalue weighted by Crippen LogP contribution is 2.19. The Kier molecular flexibility index (Phi) is 10.6. The summed E-state index contributed by atoms with van der Waals surface area (Å²) in [6.45, 7) is -0.341. The van der Waals surface area contributed by atoms with Crippen LogP contribution >= 0.6 is 11.8 Å². The molecule has 1 aliphatic rings. The van der Waals surface area contributed by atoms with Crippen LogP contribution in [-0.4, -0.2) is 88.1 Å². The number of carbonyl (C=O) groups is 4. The number of carboxylic acids is 1. The highest BCUT2D eigenvalue weighted by atomic mass is 32.2. The number of rotatable bonds is 12. The van der Waals surface area contributed by atoms with Crippen molar-refractivity contribution in [2.24, 2.45) is 5.73 Å². The first kappa shape index (κ1) is 26.6. The number of amides is 3. The number of hydrogen-bond acceptors (Lipinski definition) is 7. The standard InChI is InChI=1S/C22H32N4O6S/c1-33-11-9-16(22(31)32)24-19(28)17(13-27)25-20(29)18-8-5-10-26(18)21(30)15(23)12-14-6-3-2-4-7-14/h2-4,6-7,15-18,27H,5,8-13,23H2,1H3,(H,24,28)(H,25,29)(H,31,32). The van der Waals surface area contributed by atoms with Crippen molar-refractivity contribution in [3.63, 3.8) is 0 Å². The summed E-state index contributed by atoms with van der Waals surface area (Å²) in [5.41, 5.74) is 7.01. The van der Waals surface area contributed by atoms with Crippen LogP contribution in [0.4, 0.5) is 0 Å². The number of hydrogen-bond donors (Lipinski definition) is 5. The molecule has 11 heteroatoms. The molecule has 0 radical (unpaired) electrons. The van der Waals surface area contributed by atoms with E-state index in [1.165, 1.54) is 16.7 Å². The summed E-state index contributed by atoms with van der Waals surface area (Å²) in [5, 5.41) is 23.7. The van der Waals surface area contributed by atoms with E-state index in [1.807, 2.05) is 36.6 Å². The van der Waals surface area contributed by atoms with Crippen molar-refractivity contribution in [1.82, 2.24) is 15.5 Å². The second kappa shape index (κ2) is 13.2. The number of benzene rings is 1. The Balaban J connectivity index is 1.98. The first-order valence-corrected chi connectivity index (χ1v) is 12.2. The van der Waals surface area contributed by atoms with E-state index in [-0.39, 0.29) is 12.3 Å². The molecule has 6 N–H and O–H groups in total. The molecule has 0 spiro atoms. The second-order valence-corrected chi connectivity index (χ2v) is 8.90. The molecule has 1 fully saturated rings. The molecule has 1 aromatic carbocycles. The molecule has 10 nitrogen and oxygen atoms in total. The van der Waals surface area contributed by atoms with E-state index in [0.717, 1.165) is 5.56 Å². The minimum atomic E-state index is -1.33. The fourth-order valence-electron chi connectivity index (χ4n) is 3.70. The average molecular weight is 481 g/mol. The summed E-state index contributed by atoms with van der Waals surface area (Å²) in [7, 11) is 0. The normalized spacial score (nSPS) is 18.3. The number of carboxylic acid groups (broad SMARTS) is 1. The molecule has 1 saturated heterocycles. The van der Waals surface area contributed by atoms with Gasteiger partial charge in [-0.25, -0.2) is 4.79 Å². The zero-order valence-corrected chi connectivity index (χ0v) is 19.4. The largest absolute Gasteiger partial charge is 0.480 e. The van der Waals surface area contributed by atoms with Crippen molar-refractivity contribution in [2.45, 2.75) is 49.9 Å². The quantitative estimate of drug-likeness (QED) is 0.263. The smallest absolute Gasteiger partial charge is 0.326 e. The Hall–Kier alpha value is -2.63. The van der Waals surface area contributed by atoms with Gasteiger partial charge in [-0.1, -0.05) is 30.3 Å². The Morgan fingerprint density at radius 2 is 1.88 bits per heavy atom. The number of carbonyl (C=O) groups excluding carboxylic acids is 3. The van der Waals surface area contributed by atoms with Gasteiger partial charge in [-0.3, -0.25) is 14.4 Å². The maximum absolute atomic E-state index is 12.9. The molecule has 1 heterocycles. The van der Waals surface area contributed by atoms with E-state index in [2.05, 4.69) is 10.6 Å². The Morgan fingerprint density at radius 1 is 1.18 bits per heavy atom. The van der Waals surface area contributed by atoms with Gasteiger partial charge in [0, 0.05) is 6.54 Å². The number of nitrogens with zero attached hydrogens (tertiary/aromatic N) is 1. The minimum absolute atomic E-state index is 0.207. The molecule has 4 unspecified atom stereocenters. The van der Waals surface area contributed by atoms with Gasteiger partial charge in [0.2, 0.25) is 17.7 Å². The van der Waals surface area contributed by atoms with Gasteiger partial charge < -0.3 is 31.5 Å².